The van der Waals surface area contributed by atoms with Crippen molar-refractivity contribution in [1.29, 1.82) is 0 Å². The average molecular weight is 266 g/mol. The average Bonchev–Trinajstić information content (AvgIpc) is 3.12. The van der Waals surface area contributed by atoms with E-state index in [0.29, 0.717) is 37.5 Å². The number of aromatic nitrogens is 2. The number of aryl methyl sites for hydroxylation is 1. The third-order valence-corrected chi connectivity index (χ3v) is 3.30. The van der Waals surface area contributed by atoms with Crippen molar-refractivity contribution in [3.63, 3.8) is 0 Å². The quantitative estimate of drug-likeness (QED) is 0.817. The standard InChI is InChI=1S/C12H18N4O3/c1-8-13-11(15-19-8)7-16-4-5-18-10(6-16)12(17)14-9-2-3-9/h9-10H,2-7H2,1H3,(H,14,17). The van der Waals surface area contributed by atoms with Crippen LogP contribution in [0.3, 0.4) is 0 Å². The fourth-order valence-corrected chi connectivity index (χ4v) is 2.13. The highest BCUT2D eigenvalue weighted by atomic mass is 16.5. The molecule has 1 aliphatic heterocycles. The fraction of sp³-hybridized carbons (Fsp3) is 0.750. The Hall–Kier alpha value is -1.47. The summed E-state index contributed by atoms with van der Waals surface area (Å²) < 4.78 is 10.5. The summed E-state index contributed by atoms with van der Waals surface area (Å²) in [6.45, 7) is 4.27. The Morgan fingerprint density at radius 3 is 3.05 bits per heavy atom. The lowest BCUT2D eigenvalue weighted by molar-refractivity contribution is -0.139. The van der Waals surface area contributed by atoms with Crippen LogP contribution in [0.1, 0.15) is 24.6 Å². The summed E-state index contributed by atoms with van der Waals surface area (Å²) in [5, 5.41) is 6.84. The van der Waals surface area contributed by atoms with Crippen molar-refractivity contribution in [2.24, 2.45) is 0 Å². The van der Waals surface area contributed by atoms with E-state index in [1.54, 1.807) is 6.92 Å². The SMILES string of the molecule is Cc1nc(CN2CCOC(C(=O)NC3CC3)C2)no1. The van der Waals surface area contributed by atoms with Gasteiger partial charge in [0, 0.05) is 26.1 Å². The molecule has 7 heteroatoms. The van der Waals surface area contributed by atoms with E-state index in [0.717, 1.165) is 19.4 Å². The number of hydrogen-bond acceptors (Lipinski definition) is 6. The molecule has 7 nitrogen and oxygen atoms in total. The molecular weight excluding hydrogens is 248 g/mol. The molecule has 104 valence electrons. The van der Waals surface area contributed by atoms with Gasteiger partial charge in [0.1, 0.15) is 6.10 Å². The molecule has 0 spiro atoms. The molecule has 2 aliphatic rings. The number of nitrogens with one attached hydrogen (secondary N) is 1. The molecule has 1 aromatic heterocycles. The first-order valence-corrected chi connectivity index (χ1v) is 6.64. The Kier molecular flexibility index (Phi) is 3.48. The van der Waals surface area contributed by atoms with Crippen LogP contribution < -0.4 is 5.32 Å². The van der Waals surface area contributed by atoms with Crippen LogP contribution in [0.25, 0.3) is 0 Å². The van der Waals surface area contributed by atoms with Crippen molar-refractivity contribution >= 4 is 5.91 Å². The molecule has 0 bridgehead atoms. The molecule has 1 amide bonds. The minimum atomic E-state index is -0.387. The minimum absolute atomic E-state index is 0.00325. The highest BCUT2D eigenvalue weighted by Gasteiger charge is 2.31. The molecule has 1 saturated carbocycles. The van der Waals surface area contributed by atoms with Crippen LogP contribution in [0.15, 0.2) is 4.52 Å². The maximum Gasteiger partial charge on any atom is 0.250 e. The number of morpholine rings is 1. The van der Waals surface area contributed by atoms with Gasteiger partial charge < -0.3 is 14.6 Å². The monoisotopic (exact) mass is 266 g/mol. The summed E-state index contributed by atoms with van der Waals surface area (Å²) in [6, 6.07) is 0.367. The number of carbonyl (C=O) groups excluding carboxylic acids is 1. The first-order valence-electron chi connectivity index (χ1n) is 6.64. The van der Waals surface area contributed by atoms with Gasteiger partial charge in [0.2, 0.25) is 5.89 Å². The number of hydrogen-bond donors (Lipinski definition) is 1. The van der Waals surface area contributed by atoms with E-state index in [1.165, 1.54) is 0 Å². The zero-order valence-electron chi connectivity index (χ0n) is 11.0. The molecule has 19 heavy (non-hydrogen) atoms. The van der Waals surface area contributed by atoms with Gasteiger partial charge in [-0.2, -0.15) is 4.98 Å². The fourth-order valence-electron chi connectivity index (χ4n) is 2.13. The topological polar surface area (TPSA) is 80.5 Å². The highest BCUT2D eigenvalue weighted by Crippen LogP contribution is 2.19. The summed E-state index contributed by atoms with van der Waals surface area (Å²) in [5.74, 6) is 1.21. The number of ether oxygens (including phenoxy) is 1. The van der Waals surface area contributed by atoms with E-state index in [1.807, 2.05) is 0 Å². The van der Waals surface area contributed by atoms with Gasteiger partial charge in [0.05, 0.1) is 13.2 Å². The molecule has 3 rings (SSSR count). The minimum Gasteiger partial charge on any atom is -0.366 e. The molecular formula is C12H18N4O3. The maximum absolute atomic E-state index is 11.9. The van der Waals surface area contributed by atoms with Gasteiger partial charge in [-0.1, -0.05) is 5.16 Å². The van der Waals surface area contributed by atoms with Crippen molar-refractivity contribution in [3.8, 4) is 0 Å². The summed E-state index contributed by atoms with van der Waals surface area (Å²) in [6.07, 6.45) is 1.79. The third kappa shape index (κ3) is 3.30. The van der Waals surface area contributed by atoms with Crippen molar-refractivity contribution in [3.05, 3.63) is 11.7 Å². The van der Waals surface area contributed by atoms with E-state index >= 15 is 0 Å². The second kappa shape index (κ2) is 5.26. The summed E-state index contributed by atoms with van der Waals surface area (Å²) in [5.41, 5.74) is 0. The van der Waals surface area contributed by atoms with Gasteiger partial charge in [-0.3, -0.25) is 9.69 Å². The first kappa shape index (κ1) is 12.6. The second-order valence-electron chi connectivity index (χ2n) is 5.11. The maximum atomic E-state index is 11.9. The lowest BCUT2D eigenvalue weighted by atomic mass is 10.2. The molecule has 1 aliphatic carbocycles. The van der Waals surface area contributed by atoms with Crippen LogP contribution in [-0.2, 0) is 16.1 Å². The molecule has 2 heterocycles. The Labute approximate surface area is 111 Å². The Morgan fingerprint density at radius 2 is 2.37 bits per heavy atom. The van der Waals surface area contributed by atoms with E-state index < -0.39 is 0 Å². The van der Waals surface area contributed by atoms with Crippen LogP contribution in [0.2, 0.25) is 0 Å². The summed E-state index contributed by atoms with van der Waals surface area (Å²) in [7, 11) is 0. The number of rotatable bonds is 4. The van der Waals surface area contributed by atoms with Crippen LogP contribution in [0.4, 0.5) is 0 Å². The van der Waals surface area contributed by atoms with Gasteiger partial charge in [-0.25, -0.2) is 0 Å². The smallest absolute Gasteiger partial charge is 0.250 e. The first-order chi connectivity index (χ1) is 9.20. The zero-order chi connectivity index (χ0) is 13.2. The number of carbonyl (C=O) groups is 1. The lowest BCUT2D eigenvalue weighted by Gasteiger charge is -2.31. The molecule has 1 unspecified atom stereocenters. The van der Waals surface area contributed by atoms with E-state index in [-0.39, 0.29) is 12.0 Å². The van der Waals surface area contributed by atoms with Gasteiger partial charge >= 0.3 is 0 Å². The lowest BCUT2D eigenvalue weighted by Crippen LogP contribution is -2.50. The molecule has 1 atom stereocenters. The normalized spacial score (nSPS) is 24.4. The van der Waals surface area contributed by atoms with Gasteiger partial charge in [0.25, 0.3) is 5.91 Å². The van der Waals surface area contributed by atoms with Crippen LogP contribution in [0.5, 0.6) is 0 Å². The van der Waals surface area contributed by atoms with Crippen LogP contribution >= 0.6 is 0 Å². The Morgan fingerprint density at radius 1 is 1.53 bits per heavy atom. The molecule has 0 radical (unpaired) electrons. The summed E-state index contributed by atoms with van der Waals surface area (Å²) >= 11 is 0. The summed E-state index contributed by atoms with van der Waals surface area (Å²) in [4.78, 5) is 18.2. The predicted octanol–water partition coefficient (Wildman–Crippen LogP) is -0.143. The highest BCUT2D eigenvalue weighted by molar-refractivity contribution is 5.81. The van der Waals surface area contributed by atoms with Gasteiger partial charge in [-0.05, 0) is 12.8 Å². The zero-order valence-corrected chi connectivity index (χ0v) is 11.0. The van der Waals surface area contributed by atoms with Gasteiger partial charge in [0.15, 0.2) is 5.82 Å². The second-order valence-corrected chi connectivity index (χ2v) is 5.11. The Bertz CT molecular complexity index is 458. The van der Waals surface area contributed by atoms with Crippen molar-refractivity contribution in [2.75, 3.05) is 19.7 Å². The third-order valence-electron chi connectivity index (χ3n) is 3.30. The number of amides is 1. The van der Waals surface area contributed by atoms with E-state index in [9.17, 15) is 4.79 Å². The molecule has 2 fully saturated rings. The molecule has 1 saturated heterocycles. The van der Waals surface area contributed by atoms with Crippen molar-refractivity contribution < 1.29 is 14.1 Å². The largest absolute Gasteiger partial charge is 0.366 e. The van der Waals surface area contributed by atoms with Crippen molar-refractivity contribution in [2.45, 2.75) is 38.5 Å². The van der Waals surface area contributed by atoms with E-state index in [4.69, 9.17) is 9.26 Å². The molecule has 0 aromatic carbocycles. The van der Waals surface area contributed by atoms with Crippen LogP contribution in [-0.4, -0.2) is 52.8 Å². The molecule has 1 aromatic rings. The number of nitrogens with zero attached hydrogens (tertiary/aromatic N) is 3. The molecule has 1 N–H and O–H groups in total. The Balaban J connectivity index is 1.53. The van der Waals surface area contributed by atoms with E-state index in [2.05, 4.69) is 20.4 Å². The predicted molar refractivity (Wildman–Crippen MR) is 65.2 cm³/mol. The van der Waals surface area contributed by atoms with Crippen molar-refractivity contribution in [1.82, 2.24) is 20.4 Å². The van der Waals surface area contributed by atoms with Gasteiger partial charge in [-0.15, -0.1) is 0 Å². The van der Waals surface area contributed by atoms with Crippen LogP contribution in [0, 0.1) is 6.92 Å².